The number of hydrogen-bond donors (Lipinski definition) is 0. The Kier molecular flexibility index (Phi) is 4.42. The number of nitrogens with zero attached hydrogens (tertiary/aromatic N) is 1. The maximum Gasteiger partial charge on any atom is 0.0704 e. The van der Waals surface area contributed by atoms with Crippen LogP contribution in [0, 0.1) is 0 Å². The fourth-order valence-corrected chi connectivity index (χ4v) is 3.61. The second kappa shape index (κ2) is 7.00. The lowest BCUT2D eigenvalue weighted by Crippen LogP contribution is -1.99. The number of hydrogen-bond acceptors (Lipinski definition) is 1. The van der Waals surface area contributed by atoms with E-state index in [1.165, 1.54) is 40.7 Å². The molecule has 120 valence electrons. The summed E-state index contributed by atoms with van der Waals surface area (Å²) in [4.78, 5) is 4.59. The fraction of sp³-hybridized carbons (Fsp3) is 0.261. The molecular weight excluding hydrogens is 290 g/mol. The minimum absolute atomic E-state index is 1.10. The van der Waals surface area contributed by atoms with Gasteiger partial charge in [0.2, 0.25) is 0 Å². The van der Waals surface area contributed by atoms with Crippen LogP contribution in [-0.4, -0.2) is 4.98 Å². The topological polar surface area (TPSA) is 12.9 Å². The van der Waals surface area contributed by atoms with Gasteiger partial charge in [-0.15, -0.1) is 0 Å². The summed E-state index contributed by atoms with van der Waals surface area (Å²) in [6.07, 6.45) is 8.80. The van der Waals surface area contributed by atoms with Gasteiger partial charge in [0.05, 0.1) is 5.69 Å². The van der Waals surface area contributed by atoms with E-state index < -0.39 is 0 Å². The first kappa shape index (κ1) is 15.1. The number of aromatic nitrogens is 1. The summed E-state index contributed by atoms with van der Waals surface area (Å²) in [7, 11) is 0. The summed E-state index contributed by atoms with van der Waals surface area (Å²) >= 11 is 0. The molecule has 7 rings (SSSR count). The van der Waals surface area contributed by atoms with E-state index >= 15 is 0 Å². The van der Waals surface area contributed by atoms with Gasteiger partial charge in [-0.2, -0.15) is 0 Å². The van der Waals surface area contributed by atoms with Crippen molar-refractivity contribution in [1.82, 2.24) is 4.98 Å². The van der Waals surface area contributed by atoms with Crippen LogP contribution < -0.4 is 0 Å². The molecule has 24 heavy (non-hydrogen) atoms. The van der Waals surface area contributed by atoms with Crippen molar-refractivity contribution in [2.75, 3.05) is 0 Å². The highest BCUT2D eigenvalue weighted by atomic mass is 14.7. The highest BCUT2D eigenvalue weighted by molar-refractivity contribution is 5.64. The molecule has 0 fully saturated rings. The van der Waals surface area contributed by atoms with Crippen LogP contribution in [0.5, 0.6) is 0 Å². The predicted octanol–water partition coefficient (Wildman–Crippen LogP) is 5.41. The number of aryl methyl sites for hydroxylation is 4. The number of rotatable bonds is 1. The van der Waals surface area contributed by atoms with Crippen molar-refractivity contribution >= 4 is 0 Å². The predicted molar refractivity (Wildman–Crippen MR) is 100 cm³/mol. The maximum atomic E-state index is 4.59. The smallest absolute Gasteiger partial charge is 0.0704 e. The van der Waals surface area contributed by atoms with Crippen molar-refractivity contribution in [3.63, 3.8) is 0 Å². The Labute approximate surface area is 144 Å². The van der Waals surface area contributed by atoms with Crippen molar-refractivity contribution in [1.29, 1.82) is 0 Å². The molecule has 0 amide bonds. The van der Waals surface area contributed by atoms with E-state index in [9.17, 15) is 0 Å². The molecule has 1 heterocycles. The molecule has 1 heteroatoms. The molecule has 0 spiro atoms. The summed E-state index contributed by atoms with van der Waals surface area (Å²) in [6.45, 7) is 0. The van der Waals surface area contributed by atoms with E-state index in [4.69, 9.17) is 0 Å². The summed E-state index contributed by atoms with van der Waals surface area (Å²) in [5.41, 5.74) is 8.17. The van der Waals surface area contributed by atoms with Crippen LogP contribution in [0.1, 0.15) is 35.1 Å². The second-order valence-corrected chi connectivity index (χ2v) is 6.73. The van der Waals surface area contributed by atoms with E-state index in [1.807, 2.05) is 12.3 Å². The summed E-state index contributed by atoms with van der Waals surface area (Å²) in [5, 5.41) is 0. The van der Waals surface area contributed by atoms with E-state index in [0.29, 0.717) is 0 Å². The van der Waals surface area contributed by atoms with Crippen LogP contribution in [-0.2, 0) is 25.7 Å². The first-order chi connectivity index (χ1) is 11.9. The van der Waals surface area contributed by atoms with Gasteiger partial charge in [-0.3, -0.25) is 4.98 Å². The number of benzene rings is 2. The Morgan fingerprint density at radius 1 is 0.625 bits per heavy atom. The van der Waals surface area contributed by atoms with Gasteiger partial charge in [0, 0.05) is 11.8 Å². The van der Waals surface area contributed by atoms with Crippen LogP contribution in [0.4, 0.5) is 0 Å². The Morgan fingerprint density at radius 3 is 2.00 bits per heavy atom. The third kappa shape index (κ3) is 3.41. The van der Waals surface area contributed by atoms with Gasteiger partial charge in [-0.1, -0.05) is 42.5 Å². The zero-order valence-corrected chi connectivity index (χ0v) is 14.0. The van der Waals surface area contributed by atoms with Crippen molar-refractivity contribution in [2.24, 2.45) is 0 Å². The molecule has 4 aliphatic rings. The molecule has 0 saturated carbocycles. The summed E-state index contributed by atoms with van der Waals surface area (Å²) in [5.74, 6) is 0. The highest BCUT2D eigenvalue weighted by Gasteiger charge is 2.09. The third-order valence-electron chi connectivity index (χ3n) is 4.98. The van der Waals surface area contributed by atoms with Gasteiger partial charge in [-0.05, 0) is 79.0 Å². The highest BCUT2D eigenvalue weighted by Crippen LogP contribution is 2.26. The van der Waals surface area contributed by atoms with Gasteiger partial charge < -0.3 is 0 Å². The molecule has 4 aliphatic carbocycles. The lowest BCUT2D eigenvalue weighted by Gasteiger charge is -2.13. The molecule has 0 atom stereocenters. The average Bonchev–Trinajstić information content (AvgIpc) is 2.65. The Morgan fingerprint density at radius 2 is 1.29 bits per heavy atom. The zero-order valence-electron chi connectivity index (χ0n) is 14.0. The minimum Gasteiger partial charge on any atom is -0.256 e. The summed E-state index contributed by atoms with van der Waals surface area (Å²) < 4.78 is 0. The van der Waals surface area contributed by atoms with Gasteiger partial charge in [-0.25, -0.2) is 0 Å². The molecule has 0 aliphatic heterocycles. The Balaban J connectivity index is 1.69. The largest absolute Gasteiger partial charge is 0.256 e. The zero-order chi connectivity index (χ0) is 16.2. The first-order valence-corrected chi connectivity index (χ1v) is 8.99. The minimum atomic E-state index is 1.10. The van der Waals surface area contributed by atoms with Crippen LogP contribution in [0.15, 0.2) is 66.9 Å². The Hall–Kier alpha value is -2.41. The van der Waals surface area contributed by atoms with Gasteiger partial charge >= 0.3 is 0 Å². The molecule has 0 N–H and O–H groups in total. The second-order valence-electron chi connectivity index (χ2n) is 6.73. The fourth-order valence-electron chi connectivity index (χ4n) is 3.61. The SMILES string of the molecule is c1ccc(-c2cc3ccc2CCCc2ccc(cc2)CCC3)nc1. The van der Waals surface area contributed by atoms with E-state index in [1.54, 1.807) is 0 Å². The quantitative estimate of drug-likeness (QED) is 0.585. The Bertz CT molecular complexity index is 803. The molecule has 4 bridgehead atoms. The molecule has 2 aromatic carbocycles. The van der Waals surface area contributed by atoms with Crippen molar-refractivity contribution in [3.05, 3.63) is 89.1 Å². The lowest BCUT2D eigenvalue weighted by atomic mass is 9.93. The molecule has 0 unspecified atom stereocenters. The molecule has 0 saturated heterocycles. The monoisotopic (exact) mass is 313 g/mol. The first-order valence-electron chi connectivity index (χ1n) is 8.99. The normalized spacial score (nSPS) is 14.5. The molecule has 0 radical (unpaired) electrons. The van der Waals surface area contributed by atoms with E-state index in [-0.39, 0.29) is 0 Å². The van der Waals surface area contributed by atoms with Crippen LogP contribution in [0.3, 0.4) is 0 Å². The van der Waals surface area contributed by atoms with Gasteiger partial charge in [0.15, 0.2) is 0 Å². The van der Waals surface area contributed by atoms with E-state index in [0.717, 1.165) is 31.4 Å². The summed E-state index contributed by atoms with van der Waals surface area (Å²) in [6, 6.07) is 22.4. The van der Waals surface area contributed by atoms with Crippen molar-refractivity contribution < 1.29 is 0 Å². The molecule has 1 aromatic heterocycles. The van der Waals surface area contributed by atoms with Crippen LogP contribution in [0.2, 0.25) is 0 Å². The van der Waals surface area contributed by atoms with Crippen LogP contribution >= 0.6 is 0 Å². The van der Waals surface area contributed by atoms with E-state index in [2.05, 4.69) is 59.6 Å². The van der Waals surface area contributed by atoms with Crippen molar-refractivity contribution in [2.45, 2.75) is 38.5 Å². The average molecular weight is 313 g/mol. The standard InChI is InChI=1S/C23H23N/c1-2-16-24-23(9-1)22-17-20-7-3-5-18-10-12-19(13-11-18)6-4-8-21(22)15-14-20/h1-2,9-17H,3-8H2. The molecular formula is C23H23N. The van der Waals surface area contributed by atoms with Gasteiger partial charge in [0.25, 0.3) is 0 Å². The maximum absolute atomic E-state index is 4.59. The molecule has 1 nitrogen and oxygen atoms in total. The number of pyridine rings is 1. The van der Waals surface area contributed by atoms with Gasteiger partial charge in [0.1, 0.15) is 0 Å². The lowest BCUT2D eigenvalue weighted by molar-refractivity contribution is 0.801. The molecule has 3 aromatic rings. The third-order valence-corrected chi connectivity index (χ3v) is 4.98. The van der Waals surface area contributed by atoms with Crippen LogP contribution in [0.25, 0.3) is 11.3 Å². The van der Waals surface area contributed by atoms with Crippen molar-refractivity contribution in [3.8, 4) is 11.3 Å².